The van der Waals surface area contributed by atoms with E-state index in [1.807, 2.05) is 0 Å². The highest BCUT2D eigenvalue weighted by molar-refractivity contribution is 6.16. The summed E-state index contributed by atoms with van der Waals surface area (Å²) in [6, 6.07) is 0. The summed E-state index contributed by atoms with van der Waals surface area (Å²) in [7, 11) is 0. The van der Waals surface area contributed by atoms with Gasteiger partial charge in [0.25, 0.3) is 0 Å². The molecule has 6 atom stereocenters. The Hall–Kier alpha value is -0.920. The molecule has 0 aromatic heterocycles. The first-order valence-corrected chi connectivity index (χ1v) is 9.58. The molecule has 118 valence electrons. The second-order valence-corrected chi connectivity index (χ2v) is 8.54. The Bertz CT molecular complexity index is 572. The molecule has 5 rings (SSSR count). The van der Waals surface area contributed by atoms with Crippen LogP contribution in [0.4, 0.5) is 0 Å². The van der Waals surface area contributed by atoms with E-state index in [-0.39, 0.29) is 11.8 Å². The normalized spacial score (nSPS) is 47.1. The van der Waals surface area contributed by atoms with Gasteiger partial charge in [-0.2, -0.15) is 0 Å². The van der Waals surface area contributed by atoms with E-state index in [1.54, 1.807) is 0 Å². The highest BCUT2D eigenvalue weighted by Crippen LogP contribution is 2.58. The van der Waals surface area contributed by atoms with Gasteiger partial charge >= 0.3 is 0 Å². The van der Waals surface area contributed by atoms with Crippen LogP contribution < -0.4 is 0 Å². The fourth-order valence-electron chi connectivity index (χ4n) is 6.71. The average Bonchev–Trinajstić information content (AvgIpc) is 3.01. The molecule has 3 fully saturated rings. The lowest BCUT2D eigenvalue weighted by Crippen LogP contribution is -2.38. The third kappa shape index (κ3) is 1.67. The van der Waals surface area contributed by atoms with Crippen molar-refractivity contribution in [2.75, 3.05) is 0 Å². The molecule has 2 nitrogen and oxygen atoms in total. The van der Waals surface area contributed by atoms with E-state index in [9.17, 15) is 9.59 Å². The molecular weight excluding hydrogens is 272 g/mol. The van der Waals surface area contributed by atoms with Crippen molar-refractivity contribution in [3.63, 3.8) is 0 Å². The van der Waals surface area contributed by atoms with Gasteiger partial charge in [-0.15, -0.1) is 0 Å². The van der Waals surface area contributed by atoms with E-state index in [0.29, 0.717) is 23.4 Å². The van der Waals surface area contributed by atoms with Gasteiger partial charge in [-0.25, -0.2) is 0 Å². The zero-order chi connectivity index (χ0) is 14.8. The first kappa shape index (κ1) is 13.5. The molecule has 0 N–H and O–H groups in total. The Morgan fingerprint density at radius 1 is 0.545 bits per heavy atom. The van der Waals surface area contributed by atoms with Crippen LogP contribution in [0.3, 0.4) is 0 Å². The van der Waals surface area contributed by atoms with Crippen molar-refractivity contribution in [2.24, 2.45) is 35.5 Å². The van der Waals surface area contributed by atoms with Gasteiger partial charge in [-0.1, -0.05) is 38.5 Å². The molecule has 5 aliphatic rings. The second-order valence-electron chi connectivity index (χ2n) is 8.54. The van der Waals surface area contributed by atoms with E-state index in [0.717, 1.165) is 48.7 Å². The molecule has 0 aliphatic heterocycles. The number of hydrogen-bond acceptors (Lipinski definition) is 2. The summed E-state index contributed by atoms with van der Waals surface area (Å²) in [5, 5.41) is 0. The Morgan fingerprint density at radius 2 is 1.05 bits per heavy atom. The van der Waals surface area contributed by atoms with Gasteiger partial charge in [0.15, 0.2) is 11.6 Å². The summed E-state index contributed by atoms with van der Waals surface area (Å²) in [5.41, 5.74) is 2.10. The predicted octanol–water partition coefficient (Wildman–Crippen LogP) is 4.09. The zero-order valence-electron chi connectivity index (χ0n) is 13.4. The molecule has 0 aromatic rings. The second kappa shape index (κ2) is 4.79. The first-order valence-electron chi connectivity index (χ1n) is 9.58. The van der Waals surface area contributed by atoms with Crippen LogP contribution in [0.5, 0.6) is 0 Å². The minimum Gasteiger partial charge on any atom is -0.294 e. The van der Waals surface area contributed by atoms with Crippen molar-refractivity contribution in [3.05, 3.63) is 11.1 Å². The summed E-state index contributed by atoms with van der Waals surface area (Å²) in [5.74, 6) is 3.39. The van der Waals surface area contributed by atoms with Crippen molar-refractivity contribution < 1.29 is 9.59 Å². The molecule has 0 radical (unpaired) electrons. The summed E-state index contributed by atoms with van der Waals surface area (Å²) in [6.45, 7) is 0. The predicted molar refractivity (Wildman–Crippen MR) is 84.2 cm³/mol. The van der Waals surface area contributed by atoms with Crippen LogP contribution in [0.15, 0.2) is 11.1 Å². The Morgan fingerprint density at radius 3 is 1.77 bits per heavy atom. The molecule has 22 heavy (non-hydrogen) atoms. The fourth-order valence-corrected chi connectivity index (χ4v) is 6.71. The number of allylic oxidation sites excluding steroid dienone is 2. The number of carbonyl (C=O) groups is 2. The highest BCUT2D eigenvalue weighted by atomic mass is 16.1. The van der Waals surface area contributed by atoms with Crippen LogP contribution in [0, 0.1) is 35.5 Å². The van der Waals surface area contributed by atoms with Crippen molar-refractivity contribution in [1.82, 2.24) is 0 Å². The fraction of sp³-hybridized carbons (Fsp3) is 0.800. The first-order chi connectivity index (χ1) is 10.8. The summed E-state index contributed by atoms with van der Waals surface area (Å²) in [6.07, 6.45) is 12.1. The molecule has 2 heteroatoms. The van der Waals surface area contributed by atoms with Gasteiger partial charge in [0.05, 0.1) is 0 Å². The number of rotatable bonds is 0. The van der Waals surface area contributed by atoms with Crippen molar-refractivity contribution in [1.29, 1.82) is 0 Å². The lowest BCUT2D eigenvalue weighted by molar-refractivity contribution is -0.124. The van der Waals surface area contributed by atoms with Crippen LogP contribution in [0.2, 0.25) is 0 Å². The van der Waals surface area contributed by atoms with Gasteiger partial charge in [-0.3, -0.25) is 9.59 Å². The van der Waals surface area contributed by atoms with E-state index < -0.39 is 0 Å². The monoisotopic (exact) mass is 298 g/mol. The van der Waals surface area contributed by atoms with Gasteiger partial charge in [-0.05, 0) is 49.4 Å². The molecule has 6 unspecified atom stereocenters. The molecule has 0 aromatic carbocycles. The largest absolute Gasteiger partial charge is 0.294 e. The number of Topliss-reactive ketones (excluding diaryl/α,β-unsaturated/α-hetero) is 2. The smallest absolute Gasteiger partial charge is 0.163 e. The van der Waals surface area contributed by atoms with Crippen molar-refractivity contribution in [2.45, 2.75) is 64.2 Å². The van der Waals surface area contributed by atoms with Crippen LogP contribution >= 0.6 is 0 Å². The van der Waals surface area contributed by atoms with Gasteiger partial charge in [0, 0.05) is 23.0 Å². The minimum atomic E-state index is 0.188. The standard InChI is InChI=1S/C20H26O2/c21-19-14-8-4-3-7-13(14)17-18(19)15-9-11-5-1-2-6-12(11)10-16(15)20(17)22/h11-16H,1-10H2. The van der Waals surface area contributed by atoms with Crippen LogP contribution in [-0.2, 0) is 9.59 Å². The molecule has 0 bridgehead atoms. The topological polar surface area (TPSA) is 34.1 Å². The third-order valence-corrected chi connectivity index (χ3v) is 7.67. The number of carbonyl (C=O) groups excluding carboxylic acids is 2. The van der Waals surface area contributed by atoms with Crippen LogP contribution in [-0.4, -0.2) is 11.6 Å². The van der Waals surface area contributed by atoms with E-state index >= 15 is 0 Å². The van der Waals surface area contributed by atoms with Crippen LogP contribution in [0.1, 0.15) is 64.2 Å². The molecule has 5 aliphatic carbocycles. The highest BCUT2D eigenvalue weighted by Gasteiger charge is 2.57. The number of ketones is 2. The average molecular weight is 298 g/mol. The molecular formula is C20H26O2. The maximum Gasteiger partial charge on any atom is 0.163 e. The lowest BCUT2D eigenvalue weighted by Gasteiger charge is -2.42. The molecule has 0 saturated heterocycles. The SMILES string of the molecule is O=C1C2=C(C(=O)C3CCCCC23)C2CC3CCCCC3CC12. The summed E-state index contributed by atoms with van der Waals surface area (Å²) in [4.78, 5) is 26.1. The quantitative estimate of drug-likeness (QED) is 0.675. The molecule has 0 spiro atoms. The van der Waals surface area contributed by atoms with Gasteiger partial charge in [0.2, 0.25) is 0 Å². The van der Waals surface area contributed by atoms with Gasteiger partial charge < -0.3 is 0 Å². The number of hydrogen-bond donors (Lipinski definition) is 0. The maximum atomic E-state index is 13.1. The lowest BCUT2D eigenvalue weighted by atomic mass is 9.62. The summed E-state index contributed by atoms with van der Waals surface area (Å²) >= 11 is 0. The minimum absolute atomic E-state index is 0.188. The van der Waals surface area contributed by atoms with E-state index in [1.165, 1.54) is 38.5 Å². The third-order valence-electron chi connectivity index (χ3n) is 7.67. The molecule has 0 heterocycles. The van der Waals surface area contributed by atoms with E-state index in [4.69, 9.17) is 0 Å². The molecule has 0 amide bonds. The Balaban J connectivity index is 1.50. The Kier molecular flexibility index (Phi) is 2.94. The molecule has 3 saturated carbocycles. The Labute approximate surface area is 132 Å². The van der Waals surface area contributed by atoms with Crippen LogP contribution in [0.25, 0.3) is 0 Å². The van der Waals surface area contributed by atoms with E-state index in [2.05, 4.69) is 0 Å². The summed E-state index contributed by atoms with van der Waals surface area (Å²) < 4.78 is 0. The maximum absolute atomic E-state index is 13.1. The van der Waals surface area contributed by atoms with Crippen molar-refractivity contribution in [3.8, 4) is 0 Å². The zero-order valence-corrected chi connectivity index (χ0v) is 13.4. The van der Waals surface area contributed by atoms with Gasteiger partial charge in [0.1, 0.15) is 0 Å². The van der Waals surface area contributed by atoms with Crippen molar-refractivity contribution >= 4 is 11.6 Å². The number of fused-ring (bicyclic) bond motifs is 5.